The lowest BCUT2D eigenvalue weighted by Gasteiger charge is -2.43. The maximum Gasteiger partial charge on any atom is 0.232 e. The SMILES string of the molecule is CC1(C)CC(=O)C2=C(C1)N(c1ccc(Cl)cc1Cl)C(=O)CC2c1c(Cl)cccc1Cl. The number of hydrogen-bond donors (Lipinski definition) is 0. The maximum absolute atomic E-state index is 13.4. The fourth-order valence-corrected chi connectivity index (χ4v) is 5.60. The van der Waals surface area contributed by atoms with Crippen molar-refractivity contribution in [1.82, 2.24) is 0 Å². The molecule has 1 atom stereocenters. The molecule has 1 aliphatic heterocycles. The third-order valence-electron chi connectivity index (χ3n) is 5.64. The molecule has 3 nitrogen and oxygen atoms in total. The molecule has 0 aromatic heterocycles. The summed E-state index contributed by atoms with van der Waals surface area (Å²) in [6.07, 6.45) is 1.02. The number of rotatable bonds is 2. The van der Waals surface area contributed by atoms with Crippen molar-refractivity contribution >= 4 is 63.8 Å². The number of carbonyl (C=O) groups excluding carboxylic acids is 2. The quantitative estimate of drug-likeness (QED) is 0.445. The Morgan fingerprint density at radius 1 is 0.933 bits per heavy atom. The smallest absolute Gasteiger partial charge is 0.232 e. The van der Waals surface area contributed by atoms with Crippen molar-refractivity contribution in [2.45, 2.75) is 39.0 Å². The van der Waals surface area contributed by atoms with Gasteiger partial charge in [-0.25, -0.2) is 0 Å². The summed E-state index contributed by atoms with van der Waals surface area (Å²) in [6, 6.07) is 10.2. The summed E-state index contributed by atoms with van der Waals surface area (Å²) >= 11 is 25.4. The molecule has 0 bridgehead atoms. The lowest BCUT2D eigenvalue weighted by Crippen LogP contribution is -2.44. The van der Waals surface area contributed by atoms with Crippen LogP contribution in [0.15, 0.2) is 47.7 Å². The van der Waals surface area contributed by atoms with Gasteiger partial charge in [-0.05, 0) is 47.7 Å². The summed E-state index contributed by atoms with van der Waals surface area (Å²) in [7, 11) is 0. The highest BCUT2D eigenvalue weighted by Crippen LogP contribution is 2.51. The predicted molar refractivity (Wildman–Crippen MR) is 123 cm³/mol. The number of nitrogens with zero attached hydrogens (tertiary/aromatic N) is 1. The number of halogens is 4. The van der Waals surface area contributed by atoms with Crippen LogP contribution in [0.25, 0.3) is 0 Å². The van der Waals surface area contributed by atoms with Gasteiger partial charge in [0.1, 0.15) is 0 Å². The van der Waals surface area contributed by atoms with E-state index in [1.807, 2.05) is 13.8 Å². The minimum Gasteiger partial charge on any atom is -0.294 e. The first-order valence-electron chi connectivity index (χ1n) is 9.57. The van der Waals surface area contributed by atoms with Gasteiger partial charge in [-0.3, -0.25) is 14.5 Å². The van der Waals surface area contributed by atoms with Crippen molar-refractivity contribution in [2.24, 2.45) is 5.41 Å². The van der Waals surface area contributed by atoms with Crippen molar-refractivity contribution in [3.8, 4) is 0 Å². The predicted octanol–water partition coefficient (Wildman–Crippen LogP) is 7.46. The Labute approximate surface area is 195 Å². The molecule has 1 amide bonds. The molecule has 0 saturated heterocycles. The zero-order valence-electron chi connectivity index (χ0n) is 16.4. The third kappa shape index (κ3) is 3.78. The van der Waals surface area contributed by atoms with Crippen LogP contribution in [-0.2, 0) is 9.59 Å². The van der Waals surface area contributed by atoms with E-state index >= 15 is 0 Å². The van der Waals surface area contributed by atoms with Crippen LogP contribution in [-0.4, -0.2) is 11.7 Å². The molecular weight excluding hydrogens is 464 g/mol. The monoisotopic (exact) mass is 481 g/mol. The van der Waals surface area contributed by atoms with Crippen LogP contribution >= 0.6 is 46.4 Å². The van der Waals surface area contributed by atoms with E-state index in [9.17, 15) is 9.59 Å². The van der Waals surface area contributed by atoms with Crippen molar-refractivity contribution in [1.29, 1.82) is 0 Å². The molecule has 7 heteroatoms. The molecule has 2 aliphatic rings. The van der Waals surface area contributed by atoms with Gasteiger partial charge in [-0.2, -0.15) is 0 Å². The van der Waals surface area contributed by atoms with Crippen molar-refractivity contribution in [3.63, 3.8) is 0 Å². The van der Waals surface area contributed by atoms with Crippen LogP contribution in [0.5, 0.6) is 0 Å². The lowest BCUT2D eigenvalue weighted by molar-refractivity contribution is -0.121. The number of hydrogen-bond acceptors (Lipinski definition) is 2. The molecular formula is C23H19Cl4NO2. The van der Waals surface area contributed by atoms with Gasteiger partial charge in [0.05, 0.1) is 10.7 Å². The summed E-state index contributed by atoms with van der Waals surface area (Å²) in [5.74, 6) is -0.645. The van der Waals surface area contributed by atoms with Crippen LogP contribution in [0.2, 0.25) is 20.1 Å². The second-order valence-electron chi connectivity index (χ2n) is 8.52. The van der Waals surface area contributed by atoms with Gasteiger partial charge in [0.25, 0.3) is 0 Å². The molecule has 2 aromatic rings. The van der Waals surface area contributed by atoms with Crippen molar-refractivity contribution < 1.29 is 9.59 Å². The molecule has 2 aromatic carbocycles. The molecule has 0 fully saturated rings. The summed E-state index contributed by atoms with van der Waals surface area (Å²) < 4.78 is 0. The van der Waals surface area contributed by atoms with Crippen LogP contribution in [0.1, 0.15) is 44.6 Å². The first kappa shape index (κ1) is 21.7. The first-order valence-corrected chi connectivity index (χ1v) is 11.1. The van der Waals surface area contributed by atoms with Gasteiger partial charge >= 0.3 is 0 Å². The molecule has 0 radical (unpaired) electrons. The fraction of sp³-hybridized carbons (Fsp3) is 0.304. The summed E-state index contributed by atoms with van der Waals surface area (Å²) in [4.78, 5) is 28.3. The van der Waals surface area contributed by atoms with Crippen LogP contribution in [0.4, 0.5) is 5.69 Å². The average molecular weight is 483 g/mol. The van der Waals surface area contributed by atoms with E-state index in [0.29, 0.717) is 55.5 Å². The van der Waals surface area contributed by atoms with Crippen LogP contribution in [0, 0.1) is 5.41 Å². The molecule has 4 rings (SSSR count). The van der Waals surface area contributed by atoms with Crippen molar-refractivity contribution in [3.05, 3.63) is 73.3 Å². The topological polar surface area (TPSA) is 37.4 Å². The standard InChI is InChI=1S/C23H19Cl4NO2/c1-23(2)10-18-22(19(29)11-23)13(21-14(25)4-3-5-15(21)26)9-20(30)28(18)17-7-6-12(24)8-16(17)27/h3-8,13H,9-11H2,1-2H3. The minimum atomic E-state index is -0.486. The molecule has 156 valence electrons. The summed E-state index contributed by atoms with van der Waals surface area (Å²) in [5.41, 5.74) is 2.11. The molecule has 0 saturated carbocycles. The highest BCUT2D eigenvalue weighted by Gasteiger charge is 2.45. The van der Waals surface area contributed by atoms with E-state index < -0.39 is 5.92 Å². The Morgan fingerprint density at radius 2 is 1.60 bits per heavy atom. The Morgan fingerprint density at radius 3 is 2.23 bits per heavy atom. The van der Waals surface area contributed by atoms with E-state index in [-0.39, 0.29) is 23.5 Å². The number of Topliss-reactive ketones (excluding diaryl/α,β-unsaturated/α-hetero) is 1. The van der Waals surface area contributed by atoms with Crippen molar-refractivity contribution in [2.75, 3.05) is 4.90 Å². The highest BCUT2D eigenvalue weighted by molar-refractivity contribution is 6.37. The Kier molecular flexibility index (Phi) is 5.69. The average Bonchev–Trinajstić information content (AvgIpc) is 2.61. The normalized spacial score (nSPS) is 21.1. The number of ketones is 1. The van der Waals surface area contributed by atoms with E-state index in [0.717, 1.165) is 0 Å². The number of carbonyl (C=O) groups is 2. The van der Waals surface area contributed by atoms with Gasteiger partial charge in [0.15, 0.2) is 5.78 Å². The number of amides is 1. The Balaban J connectivity index is 1.96. The van der Waals surface area contributed by atoms with E-state index in [1.54, 1.807) is 41.3 Å². The highest BCUT2D eigenvalue weighted by atomic mass is 35.5. The van der Waals surface area contributed by atoms with Gasteiger partial charge in [-0.1, -0.05) is 66.3 Å². The molecule has 0 spiro atoms. The minimum absolute atomic E-state index is 0.00447. The van der Waals surface area contributed by atoms with Gasteiger partial charge < -0.3 is 0 Å². The molecule has 0 N–H and O–H groups in total. The second kappa shape index (κ2) is 7.87. The summed E-state index contributed by atoms with van der Waals surface area (Å²) in [6.45, 7) is 4.04. The van der Waals surface area contributed by atoms with Crippen LogP contribution < -0.4 is 4.90 Å². The molecule has 30 heavy (non-hydrogen) atoms. The van der Waals surface area contributed by atoms with Gasteiger partial charge in [0, 0.05) is 45.1 Å². The zero-order valence-corrected chi connectivity index (χ0v) is 19.5. The fourth-order valence-electron chi connectivity index (χ4n) is 4.45. The number of anilines is 1. The summed E-state index contributed by atoms with van der Waals surface area (Å²) in [5, 5.41) is 1.72. The Hall–Kier alpha value is -1.52. The first-order chi connectivity index (χ1) is 14.1. The number of allylic oxidation sites excluding steroid dienone is 2. The second-order valence-corrected chi connectivity index (χ2v) is 10.2. The lowest BCUT2D eigenvalue weighted by atomic mass is 9.69. The Bertz CT molecular complexity index is 1090. The molecule has 1 heterocycles. The van der Waals surface area contributed by atoms with Gasteiger partial charge in [0.2, 0.25) is 5.91 Å². The molecule has 1 unspecified atom stereocenters. The number of benzene rings is 2. The van der Waals surface area contributed by atoms with Crippen LogP contribution in [0.3, 0.4) is 0 Å². The van der Waals surface area contributed by atoms with E-state index in [2.05, 4.69) is 0 Å². The van der Waals surface area contributed by atoms with E-state index in [4.69, 9.17) is 46.4 Å². The zero-order chi connectivity index (χ0) is 21.8. The maximum atomic E-state index is 13.4. The largest absolute Gasteiger partial charge is 0.294 e. The van der Waals surface area contributed by atoms with Gasteiger partial charge in [-0.15, -0.1) is 0 Å². The third-order valence-corrected chi connectivity index (χ3v) is 6.84. The molecule has 1 aliphatic carbocycles. The van der Waals surface area contributed by atoms with E-state index in [1.165, 1.54) is 0 Å².